The van der Waals surface area contributed by atoms with Crippen LogP contribution in [0.3, 0.4) is 0 Å². The molecule has 0 aromatic rings. The van der Waals surface area contributed by atoms with Crippen molar-refractivity contribution >= 4 is 0 Å². The standard InChI is InChI=1S/C11H18/c1-2-8-4-6-10-7-5-9(3-1)11(8)10/h8-11H,1-7H2. The highest BCUT2D eigenvalue weighted by Gasteiger charge is 2.46. The predicted molar refractivity (Wildman–Crippen MR) is 46.3 cm³/mol. The fourth-order valence-electron chi connectivity index (χ4n) is 4.24. The van der Waals surface area contributed by atoms with Crippen molar-refractivity contribution in [2.24, 2.45) is 23.7 Å². The Balaban J connectivity index is 1.88. The van der Waals surface area contributed by atoms with Crippen molar-refractivity contribution in [3.8, 4) is 0 Å². The summed E-state index contributed by atoms with van der Waals surface area (Å²) >= 11 is 0. The molecule has 0 N–H and O–H groups in total. The smallest absolute Gasteiger partial charge is 0.0329 e. The summed E-state index contributed by atoms with van der Waals surface area (Å²) in [6.45, 7) is 0. The topological polar surface area (TPSA) is 0 Å². The maximum Gasteiger partial charge on any atom is -0.0329 e. The van der Waals surface area contributed by atoms with Crippen LogP contribution in [0.25, 0.3) is 0 Å². The molecule has 2 unspecified atom stereocenters. The molecule has 0 amide bonds. The van der Waals surface area contributed by atoms with E-state index in [9.17, 15) is 0 Å². The summed E-state index contributed by atoms with van der Waals surface area (Å²) in [6, 6.07) is 0. The second-order valence-electron chi connectivity index (χ2n) is 4.94. The Hall–Kier alpha value is 0. The molecular formula is C11H18. The zero-order valence-electron chi connectivity index (χ0n) is 7.26. The second-order valence-corrected chi connectivity index (χ2v) is 4.94. The first-order chi connectivity index (χ1) is 5.45. The minimum absolute atomic E-state index is 1.18. The zero-order chi connectivity index (χ0) is 7.26. The fourth-order valence-corrected chi connectivity index (χ4v) is 4.24. The van der Waals surface area contributed by atoms with Gasteiger partial charge in [-0.15, -0.1) is 0 Å². The average molecular weight is 150 g/mol. The first-order valence-corrected chi connectivity index (χ1v) is 5.45. The lowest BCUT2D eigenvalue weighted by Crippen LogP contribution is -2.22. The Morgan fingerprint density at radius 2 is 1.00 bits per heavy atom. The van der Waals surface area contributed by atoms with E-state index in [1.807, 2.05) is 0 Å². The molecule has 3 fully saturated rings. The molecule has 0 aromatic carbocycles. The molecule has 0 bridgehead atoms. The lowest BCUT2D eigenvalue weighted by molar-refractivity contribution is 0.192. The van der Waals surface area contributed by atoms with Crippen LogP contribution in [0.4, 0.5) is 0 Å². The molecule has 0 nitrogen and oxygen atoms in total. The van der Waals surface area contributed by atoms with Gasteiger partial charge in [0.25, 0.3) is 0 Å². The van der Waals surface area contributed by atoms with E-state index >= 15 is 0 Å². The molecule has 11 heavy (non-hydrogen) atoms. The molecular weight excluding hydrogens is 132 g/mol. The third kappa shape index (κ3) is 0.816. The van der Waals surface area contributed by atoms with Crippen molar-refractivity contribution in [3.05, 3.63) is 0 Å². The van der Waals surface area contributed by atoms with Crippen molar-refractivity contribution in [1.82, 2.24) is 0 Å². The minimum Gasteiger partial charge on any atom is -0.0528 e. The lowest BCUT2D eigenvalue weighted by Gasteiger charge is -2.30. The van der Waals surface area contributed by atoms with Gasteiger partial charge >= 0.3 is 0 Å². The van der Waals surface area contributed by atoms with Gasteiger partial charge in [-0.3, -0.25) is 0 Å². The van der Waals surface area contributed by atoms with E-state index in [1.165, 1.54) is 23.7 Å². The van der Waals surface area contributed by atoms with Gasteiger partial charge in [0, 0.05) is 0 Å². The molecule has 62 valence electrons. The van der Waals surface area contributed by atoms with Crippen LogP contribution in [0.2, 0.25) is 0 Å². The van der Waals surface area contributed by atoms with Gasteiger partial charge in [-0.1, -0.05) is 19.3 Å². The highest BCUT2D eigenvalue weighted by molar-refractivity contribution is 4.96. The average Bonchev–Trinajstić information content (AvgIpc) is 2.60. The molecule has 0 heteroatoms. The second kappa shape index (κ2) is 2.24. The van der Waals surface area contributed by atoms with Crippen LogP contribution in [0, 0.1) is 23.7 Å². The highest BCUT2D eigenvalue weighted by Crippen LogP contribution is 2.56. The van der Waals surface area contributed by atoms with Crippen LogP contribution in [-0.2, 0) is 0 Å². The summed E-state index contributed by atoms with van der Waals surface area (Å²) in [5, 5.41) is 0. The van der Waals surface area contributed by atoms with E-state index in [0.717, 1.165) is 0 Å². The molecule has 0 aromatic heterocycles. The van der Waals surface area contributed by atoms with Crippen LogP contribution in [-0.4, -0.2) is 0 Å². The van der Waals surface area contributed by atoms with Crippen LogP contribution < -0.4 is 0 Å². The Morgan fingerprint density at radius 1 is 0.545 bits per heavy atom. The maximum absolute atomic E-state index is 1.59. The third-order valence-electron chi connectivity index (χ3n) is 4.60. The summed E-state index contributed by atoms with van der Waals surface area (Å²) in [6.07, 6.45) is 11.1. The molecule has 0 heterocycles. The van der Waals surface area contributed by atoms with Crippen molar-refractivity contribution in [3.63, 3.8) is 0 Å². The maximum atomic E-state index is 1.59. The normalized spacial score (nSPS) is 54.5. The Bertz CT molecular complexity index is 141. The predicted octanol–water partition coefficient (Wildman–Crippen LogP) is 3.22. The fraction of sp³-hybridized carbons (Fsp3) is 1.00. The molecule has 3 saturated carbocycles. The van der Waals surface area contributed by atoms with Crippen LogP contribution in [0.5, 0.6) is 0 Å². The quantitative estimate of drug-likeness (QED) is 0.497. The molecule has 0 spiro atoms. The van der Waals surface area contributed by atoms with E-state index < -0.39 is 0 Å². The number of hydrogen-bond donors (Lipinski definition) is 0. The Kier molecular flexibility index (Phi) is 1.33. The van der Waals surface area contributed by atoms with Gasteiger partial charge in [0.1, 0.15) is 0 Å². The first-order valence-electron chi connectivity index (χ1n) is 5.45. The van der Waals surface area contributed by atoms with Crippen LogP contribution >= 0.6 is 0 Å². The summed E-state index contributed by atoms with van der Waals surface area (Å²) in [7, 11) is 0. The van der Waals surface area contributed by atoms with Gasteiger partial charge in [0.2, 0.25) is 0 Å². The number of hydrogen-bond acceptors (Lipinski definition) is 0. The molecule has 3 rings (SSSR count). The Labute approximate surface area is 69.4 Å². The summed E-state index contributed by atoms with van der Waals surface area (Å²) in [5.41, 5.74) is 0. The summed E-state index contributed by atoms with van der Waals surface area (Å²) < 4.78 is 0. The van der Waals surface area contributed by atoms with Gasteiger partial charge in [-0.2, -0.15) is 0 Å². The van der Waals surface area contributed by atoms with Crippen molar-refractivity contribution < 1.29 is 0 Å². The van der Waals surface area contributed by atoms with Gasteiger partial charge in [-0.25, -0.2) is 0 Å². The molecule has 0 radical (unpaired) electrons. The van der Waals surface area contributed by atoms with E-state index in [0.29, 0.717) is 0 Å². The monoisotopic (exact) mass is 150 g/mol. The van der Waals surface area contributed by atoms with Gasteiger partial charge in [-0.05, 0) is 49.4 Å². The SMILES string of the molecule is C1CC2CCC3CCC(C1)C23. The summed E-state index contributed by atoms with van der Waals surface area (Å²) in [4.78, 5) is 0. The van der Waals surface area contributed by atoms with Gasteiger partial charge < -0.3 is 0 Å². The largest absolute Gasteiger partial charge is 0.0528 e. The molecule has 3 aliphatic carbocycles. The van der Waals surface area contributed by atoms with Crippen LogP contribution in [0.1, 0.15) is 44.9 Å². The number of rotatable bonds is 0. The molecule has 0 aliphatic heterocycles. The van der Waals surface area contributed by atoms with E-state index in [4.69, 9.17) is 0 Å². The van der Waals surface area contributed by atoms with Crippen LogP contribution in [0.15, 0.2) is 0 Å². The molecule has 3 aliphatic rings. The Morgan fingerprint density at radius 3 is 1.55 bits per heavy atom. The van der Waals surface area contributed by atoms with E-state index in [2.05, 4.69) is 0 Å². The first kappa shape index (κ1) is 6.51. The zero-order valence-corrected chi connectivity index (χ0v) is 7.26. The van der Waals surface area contributed by atoms with E-state index in [1.54, 1.807) is 44.9 Å². The van der Waals surface area contributed by atoms with E-state index in [-0.39, 0.29) is 0 Å². The van der Waals surface area contributed by atoms with Crippen molar-refractivity contribution in [2.75, 3.05) is 0 Å². The van der Waals surface area contributed by atoms with Gasteiger partial charge in [0.05, 0.1) is 0 Å². The third-order valence-corrected chi connectivity index (χ3v) is 4.60. The molecule has 0 saturated heterocycles. The molecule has 2 atom stereocenters. The summed E-state index contributed by atoms with van der Waals surface area (Å²) in [5.74, 6) is 4.76. The highest BCUT2D eigenvalue weighted by atomic mass is 14.5. The van der Waals surface area contributed by atoms with Crippen molar-refractivity contribution in [1.29, 1.82) is 0 Å². The van der Waals surface area contributed by atoms with Gasteiger partial charge in [0.15, 0.2) is 0 Å². The van der Waals surface area contributed by atoms with Crippen molar-refractivity contribution in [2.45, 2.75) is 44.9 Å². The lowest BCUT2D eigenvalue weighted by atomic mass is 9.75. The minimum atomic E-state index is 1.18.